The monoisotopic (exact) mass is 430 g/mol. The number of rotatable bonds is 6. The summed E-state index contributed by atoms with van der Waals surface area (Å²) < 4.78 is 0. The normalized spacial score (nSPS) is 39.0. The fraction of sp³-hybridized carbons (Fsp3) is 0.786. The van der Waals surface area contributed by atoms with Crippen LogP contribution in [0.5, 0.6) is 0 Å². The van der Waals surface area contributed by atoms with E-state index in [1.54, 1.807) is 5.57 Å². The van der Waals surface area contributed by atoms with Crippen LogP contribution in [0.4, 0.5) is 0 Å². The van der Waals surface area contributed by atoms with Crippen molar-refractivity contribution in [3.63, 3.8) is 0 Å². The molecular weight excluding hydrogens is 384 g/mol. The van der Waals surface area contributed by atoms with E-state index in [9.17, 15) is 15.3 Å². The predicted molar refractivity (Wildman–Crippen MR) is 129 cm³/mol. The zero-order valence-electron chi connectivity index (χ0n) is 20.5. The summed E-state index contributed by atoms with van der Waals surface area (Å²) >= 11 is 0. The SMILES string of the molecule is C=C1/C(=C\C=C2/CCCC3(C)C2CCC3[C@H](C)[C@@H](C)CCC(C)(C)O)C[C@@H](O)C[C@@H]1O. The summed E-state index contributed by atoms with van der Waals surface area (Å²) in [7, 11) is 0. The van der Waals surface area contributed by atoms with Gasteiger partial charge in [0.15, 0.2) is 0 Å². The lowest BCUT2D eigenvalue weighted by Crippen LogP contribution is -2.37. The van der Waals surface area contributed by atoms with E-state index < -0.39 is 17.8 Å². The van der Waals surface area contributed by atoms with E-state index in [4.69, 9.17) is 0 Å². The summed E-state index contributed by atoms with van der Waals surface area (Å²) in [5.41, 5.74) is 3.12. The van der Waals surface area contributed by atoms with Gasteiger partial charge in [0.2, 0.25) is 0 Å². The van der Waals surface area contributed by atoms with Gasteiger partial charge in [-0.1, -0.05) is 45.1 Å². The van der Waals surface area contributed by atoms with Crippen LogP contribution >= 0.6 is 0 Å². The molecule has 176 valence electrons. The van der Waals surface area contributed by atoms with E-state index in [0.29, 0.717) is 36.0 Å². The Morgan fingerprint density at radius 1 is 1.19 bits per heavy atom. The van der Waals surface area contributed by atoms with E-state index >= 15 is 0 Å². The molecule has 0 aromatic heterocycles. The van der Waals surface area contributed by atoms with Crippen LogP contribution in [0.2, 0.25) is 0 Å². The fourth-order valence-corrected chi connectivity index (χ4v) is 6.85. The Labute approximate surface area is 190 Å². The van der Waals surface area contributed by atoms with Crippen LogP contribution in [-0.2, 0) is 0 Å². The van der Waals surface area contributed by atoms with Gasteiger partial charge in [0, 0.05) is 6.42 Å². The molecule has 3 aliphatic rings. The van der Waals surface area contributed by atoms with Crippen molar-refractivity contribution in [3.8, 4) is 0 Å². The maximum Gasteiger partial charge on any atom is 0.0811 e. The second kappa shape index (κ2) is 9.53. The molecule has 0 radical (unpaired) electrons. The Morgan fingerprint density at radius 3 is 2.58 bits per heavy atom. The number of hydrogen-bond donors (Lipinski definition) is 3. The van der Waals surface area contributed by atoms with Crippen molar-refractivity contribution in [2.45, 2.75) is 110 Å². The highest BCUT2D eigenvalue weighted by atomic mass is 16.3. The van der Waals surface area contributed by atoms with Crippen LogP contribution < -0.4 is 0 Å². The minimum atomic E-state index is -0.618. The lowest BCUT2D eigenvalue weighted by Gasteiger charge is -2.45. The van der Waals surface area contributed by atoms with Gasteiger partial charge < -0.3 is 15.3 Å². The van der Waals surface area contributed by atoms with Crippen molar-refractivity contribution in [1.29, 1.82) is 0 Å². The van der Waals surface area contributed by atoms with Crippen LogP contribution in [0.3, 0.4) is 0 Å². The van der Waals surface area contributed by atoms with Crippen molar-refractivity contribution in [2.75, 3.05) is 0 Å². The average molecular weight is 431 g/mol. The number of fused-ring (bicyclic) bond motifs is 1. The molecule has 3 heteroatoms. The van der Waals surface area contributed by atoms with E-state index in [-0.39, 0.29) is 0 Å². The van der Waals surface area contributed by atoms with Crippen LogP contribution in [0, 0.1) is 29.1 Å². The summed E-state index contributed by atoms with van der Waals surface area (Å²) in [6.07, 6.45) is 12.6. The number of aliphatic hydroxyl groups excluding tert-OH is 2. The topological polar surface area (TPSA) is 60.7 Å². The molecule has 0 bridgehead atoms. The minimum absolute atomic E-state index is 0.355. The highest BCUT2D eigenvalue weighted by Crippen LogP contribution is 2.60. The minimum Gasteiger partial charge on any atom is -0.393 e. The van der Waals surface area contributed by atoms with Gasteiger partial charge in [0.1, 0.15) is 0 Å². The smallest absolute Gasteiger partial charge is 0.0811 e. The molecule has 3 saturated carbocycles. The largest absolute Gasteiger partial charge is 0.393 e. The number of aliphatic hydroxyl groups is 3. The van der Waals surface area contributed by atoms with Crippen LogP contribution in [-0.4, -0.2) is 33.1 Å². The third-order valence-corrected chi connectivity index (χ3v) is 9.05. The fourth-order valence-electron chi connectivity index (χ4n) is 6.85. The molecule has 0 saturated heterocycles. The van der Waals surface area contributed by atoms with Gasteiger partial charge in [0.05, 0.1) is 17.8 Å². The molecule has 3 aliphatic carbocycles. The predicted octanol–water partition coefficient (Wildman–Crippen LogP) is 5.95. The molecule has 0 spiro atoms. The van der Waals surface area contributed by atoms with E-state index in [0.717, 1.165) is 36.3 Å². The van der Waals surface area contributed by atoms with Crippen molar-refractivity contribution in [2.24, 2.45) is 29.1 Å². The number of hydrogen-bond acceptors (Lipinski definition) is 3. The first kappa shape index (κ1) is 24.7. The van der Waals surface area contributed by atoms with Crippen molar-refractivity contribution < 1.29 is 15.3 Å². The quantitative estimate of drug-likeness (QED) is 0.488. The van der Waals surface area contributed by atoms with Gasteiger partial charge in [-0.25, -0.2) is 0 Å². The van der Waals surface area contributed by atoms with Crippen LogP contribution in [0.15, 0.2) is 35.5 Å². The second-order valence-corrected chi connectivity index (χ2v) is 11.9. The van der Waals surface area contributed by atoms with Gasteiger partial charge in [-0.2, -0.15) is 0 Å². The molecule has 0 aromatic carbocycles. The lowest BCUT2D eigenvalue weighted by molar-refractivity contribution is 0.0447. The van der Waals surface area contributed by atoms with Gasteiger partial charge in [-0.05, 0) is 105 Å². The molecule has 0 amide bonds. The second-order valence-electron chi connectivity index (χ2n) is 11.9. The molecule has 0 heterocycles. The van der Waals surface area contributed by atoms with Crippen LogP contribution in [0.25, 0.3) is 0 Å². The standard InChI is InChI=1S/C28H46O3/c1-18(13-15-27(4,5)31)19(2)24-11-12-25-21(8-7-14-28(24,25)6)9-10-22-16-23(29)17-26(30)20(22)3/h9-10,18-19,23-26,29-31H,3,7-8,11-17H2,1-2,4-6H3/b21-9+,22-10-/t18-,19+,23+,24?,25?,26-,28?/m0/s1. The molecule has 7 atom stereocenters. The summed E-state index contributed by atoms with van der Waals surface area (Å²) in [6.45, 7) is 15.3. The van der Waals surface area contributed by atoms with Crippen LogP contribution in [0.1, 0.15) is 92.4 Å². The molecule has 31 heavy (non-hydrogen) atoms. The van der Waals surface area contributed by atoms with Gasteiger partial charge in [-0.3, -0.25) is 0 Å². The van der Waals surface area contributed by atoms with E-state index in [2.05, 4.69) is 39.5 Å². The van der Waals surface area contributed by atoms with Crippen molar-refractivity contribution in [3.05, 3.63) is 35.5 Å². The molecule has 3 nitrogen and oxygen atoms in total. The Kier molecular flexibility index (Phi) is 7.61. The first-order valence-electron chi connectivity index (χ1n) is 12.6. The lowest BCUT2D eigenvalue weighted by atomic mass is 9.59. The third kappa shape index (κ3) is 5.54. The summed E-state index contributed by atoms with van der Waals surface area (Å²) in [5.74, 6) is 2.66. The summed E-state index contributed by atoms with van der Waals surface area (Å²) in [4.78, 5) is 0. The Bertz CT molecular complexity index is 712. The van der Waals surface area contributed by atoms with Gasteiger partial charge in [0.25, 0.3) is 0 Å². The van der Waals surface area contributed by atoms with Crippen molar-refractivity contribution in [1.82, 2.24) is 0 Å². The third-order valence-electron chi connectivity index (χ3n) is 9.05. The first-order chi connectivity index (χ1) is 14.4. The molecule has 0 aromatic rings. The highest BCUT2D eigenvalue weighted by molar-refractivity contribution is 5.38. The maximum absolute atomic E-state index is 10.2. The molecule has 3 N–H and O–H groups in total. The van der Waals surface area contributed by atoms with Gasteiger partial charge >= 0.3 is 0 Å². The summed E-state index contributed by atoms with van der Waals surface area (Å²) in [5, 5.41) is 30.4. The van der Waals surface area contributed by atoms with Crippen molar-refractivity contribution >= 4 is 0 Å². The maximum atomic E-state index is 10.2. The Balaban J connectivity index is 1.74. The molecule has 3 rings (SSSR count). The molecule has 0 aliphatic heterocycles. The summed E-state index contributed by atoms with van der Waals surface area (Å²) in [6, 6.07) is 0. The molecule has 3 fully saturated rings. The zero-order chi connectivity index (χ0) is 23.0. The molecular formula is C28H46O3. The van der Waals surface area contributed by atoms with E-state index in [1.807, 2.05) is 13.8 Å². The highest BCUT2D eigenvalue weighted by Gasteiger charge is 2.51. The van der Waals surface area contributed by atoms with Gasteiger partial charge in [-0.15, -0.1) is 0 Å². The first-order valence-corrected chi connectivity index (χ1v) is 12.6. The average Bonchev–Trinajstić information content (AvgIpc) is 3.04. The Hall–Kier alpha value is -0.900. The zero-order valence-corrected chi connectivity index (χ0v) is 20.5. The molecule has 3 unspecified atom stereocenters. The number of allylic oxidation sites excluding steroid dienone is 3. The Morgan fingerprint density at radius 2 is 1.90 bits per heavy atom. The van der Waals surface area contributed by atoms with E-state index in [1.165, 1.54) is 25.7 Å².